The molecular formula is C13H26N4. The molecule has 0 amide bonds. The van der Waals surface area contributed by atoms with Crippen LogP contribution in [0.1, 0.15) is 45.4 Å². The average Bonchev–Trinajstić information content (AvgIpc) is 3.10. The van der Waals surface area contributed by atoms with Crippen molar-refractivity contribution in [1.82, 2.24) is 10.2 Å². The van der Waals surface area contributed by atoms with Crippen LogP contribution in [-0.4, -0.2) is 42.6 Å². The van der Waals surface area contributed by atoms with Gasteiger partial charge < -0.3 is 16.0 Å². The predicted octanol–water partition coefficient (Wildman–Crippen LogP) is 1.32. The number of nitrogens with one attached hydrogen (secondary N) is 1. The fraction of sp³-hybridized carbons (Fsp3) is 0.923. The Kier molecular flexibility index (Phi) is 4.66. The molecule has 1 unspecified atom stereocenters. The Labute approximate surface area is 105 Å². The van der Waals surface area contributed by atoms with Gasteiger partial charge in [0, 0.05) is 25.2 Å². The summed E-state index contributed by atoms with van der Waals surface area (Å²) in [6.45, 7) is 5.63. The fourth-order valence-electron chi connectivity index (χ4n) is 2.45. The van der Waals surface area contributed by atoms with Gasteiger partial charge in [0.1, 0.15) is 0 Å². The largest absolute Gasteiger partial charge is 0.370 e. The zero-order chi connectivity index (χ0) is 12.1. The van der Waals surface area contributed by atoms with Crippen molar-refractivity contribution >= 4 is 5.96 Å². The highest BCUT2D eigenvalue weighted by atomic mass is 15.2. The van der Waals surface area contributed by atoms with E-state index in [2.05, 4.69) is 22.1 Å². The van der Waals surface area contributed by atoms with E-state index in [0.29, 0.717) is 12.0 Å². The second-order valence-corrected chi connectivity index (χ2v) is 5.42. The smallest absolute Gasteiger partial charge is 0.188 e. The molecule has 0 spiro atoms. The van der Waals surface area contributed by atoms with E-state index in [9.17, 15) is 0 Å². The molecule has 1 saturated carbocycles. The molecule has 0 radical (unpaired) electrons. The Balaban J connectivity index is 1.58. The maximum Gasteiger partial charge on any atom is 0.188 e. The van der Waals surface area contributed by atoms with E-state index in [1.54, 1.807) is 0 Å². The number of hydrogen-bond acceptors (Lipinski definition) is 2. The maximum absolute atomic E-state index is 5.79. The van der Waals surface area contributed by atoms with Gasteiger partial charge in [-0.1, -0.05) is 6.42 Å². The van der Waals surface area contributed by atoms with Gasteiger partial charge in [0.15, 0.2) is 5.96 Å². The lowest BCUT2D eigenvalue weighted by molar-refractivity contribution is 0.160. The third-order valence-electron chi connectivity index (χ3n) is 3.76. The van der Waals surface area contributed by atoms with Gasteiger partial charge in [0.05, 0.1) is 0 Å². The molecule has 0 bridgehead atoms. The Morgan fingerprint density at radius 3 is 2.88 bits per heavy atom. The first-order valence-corrected chi connectivity index (χ1v) is 7.06. The van der Waals surface area contributed by atoms with Crippen LogP contribution < -0.4 is 11.1 Å². The molecule has 2 rings (SSSR count). The van der Waals surface area contributed by atoms with Crippen molar-refractivity contribution in [3.8, 4) is 0 Å². The third-order valence-corrected chi connectivity index (χ3v) is 3.76. The summed E-state index contributed by atoms with van der Waals surface area (Å²) < 4.78 is 0. The van der Waals surface area contributed by atoms with E-state index in [0.717, 1.165) is 19.0 Å². The Bertz CT molecular complexity index is 260. The SMILES string of the molecule is CC1CCCCN1CCCN=C(N)NC1CC1. The molecule has 1 saturated heterocycles. The van der Waals surface area contributed by atoms with Gasteiger partial charge in [0.25, 0.3) is 0 Å². The van der Waals surface area contributed by atoms with Crippen molar-refractivity contribution in [2.75, 3.05) is 19.6 Å². The van der Waals surface area contributed by atoms with Gasteiger partial charge in [0.2, 0.25) is 0 Å². The predicted molar refractivity (Wildman–Crippen MR) is 72.2 cm³/mol. The number of hydrogen-bond donors (Lipinski definition) is 2. The molecule has 1 heterocycles. The highest BCUT2D eigenvalue weighted by Gasteiger charge is 2.21. The highest BCUT2D eigenvalue weighted by Crippen LogP contribution is 2.18. The van der Waals surface area contributed by atoms with Gasteiger partial charge in [-0.05, 0) is 45.6 Å². The second kappa shape index (κ2) is 6.24. The second-order valence-electron chi connectivity index (χ2n) is 5.42. The standard InChI is InChI=1S/C13H26N4/c1-11-5-2-3-9-17(11)10-4-8-15-13(14)16-12-6-7-12/h11-12H,2-10H2,1H3,(H3,14,15,16). The first kappa shape index (κ1) is 12.7. The van der Waals surface area contributed by atoms with Gasteiger partial charge in [-0.15, -0.1) is 0 Å². The lowest BCUT2D eigenvalue weighted by atomic mass is 10.0. The summed E-state index contributed by atoms with van der Waals surface area (Å²) in [5, 5.41) is 3.22. The van der Waals surface area contributed by atoms with Gasteiger partial charge >= 0.3 is 0 Å². The van der Waals surface area contributed by atoms with E-state index in [1.165, 1.54) is 45.2 Å². The molecule has 4 heteroatoms. The van der Waals surface area contributed by atoms with Crippen LogP contribution >= 0.6 is 0 Å². The Morgan fingerprint density at radius 2 is 2.18 bits per heavy atom. The zero-order valence-corrected chi connectivity index (χ0v) is 11.0. The summed E-state index contributed by atoms with van der Waals surface area (Å²) in [6, 6.07) is 1.37. The molecule has 2 fully saturated rings. The van der Waals surface area contributed by atoms with E-state index in [4.69, 9.17) is 5.73 Å². The van der Waals surface area contributed by atoms with Crippen LogP contribution in [0, 0.1) is 0 Å². The molecule has 2 aliphatic rings. The number of nitrogens with two attached hydrogens (primary N) is 1. The number of likely N-dealkylation sites (tertiary alicyclic amines) is 1. The summed E-state index contributed by atoms with van der Waals surface area (Å²) in [4.78, 5) is 6.96. The average molecular weight is 238 g/mol. The van der Waals surface area contributed by atoms with Crippen molar-refractivity contribution in [3.63, 3.8) is 0 Å². The van der Waals surface area contributed by atoms with Crippen molar-refractivity contribution < 1.29 is 0 Å². The van der Waals surface area contributed by atoms with E-state index in [-0.39, 0.29) is 0 Å². The Morgan fingerprint density at radius 1 is 1.35 bits per heavy atom. The molecule has 1 aliphatic carbocycles. The number of guanidine groups is 1. The molecule has 98 valence electrons. The number of aliphatic imine (C=N–C) groups is 1. The quantitative estimate of drug-likeness (QED) is 0.431. The lowest BCUT2D eigenvalue weighted by Gasteiger charge is -2.33. The minimum Gasteiger partial charge on any atom is -0.370 e. The third kappa shape index (κ3) is 4.54. The van der Waals surface area contributed by atoms with E-state index >= 15 is 0 Å². The van der Waals surface area contributed by atoms with Crippen LogP contribution in [0.4, 0.5) is 0 Å². The molecule has 0 aromatic heterocycles. The Hall–Kier alpha value is -0.770. The number of piperidine rings is 1. The first-order valence-electron chi connectivity index (χ1n) is 7.06. The molecule has 1 aliphatic heterocycles. The van der Waals surface area contributed by atoms with E-state index < -0.39 is 0 Å². The van der Waals surface area contributed by atoms with Gasteiger partial charge in [-0.2, -0.15) is 0 Å². The van der Waals surface area contributed by atoms with Gasteiger partial charge in [-0.3, -0.25) is 4.99 Å². The number of rotatable bonds is 5. The summed E-state index contributed by atoms with van der Waals surface area (Å²) >= 11 is 0. The van der Waals surface area contributed by atoms with Crippen LogP contribution in [0.5, 0.6) is 0 Å². The monoisotopic (exact) mass is 238 g/mol. The van der Waals surface area contributed by atoms with Crippen LogP contribution in [0.25, 0.3) is 0 Å². The van der Waals surface area contributed by atoms with Crippen molar-refractivity contribution in [2.45, 2.75) is 57.5 Å². The highest BCUT2D eigenvalue weighted by molar-refractivity contribution is 5.78. The maximum atomic E-state index is 5.79. The first-order chi connectivity index (χ1) is 8.25. The molecule has 3 N–H and O–H groups in total. The molecule has 0 aromatic carbocycles. The summed E-state index contributed by atoms with van der Waals surface area (Å²) in [5.74, 6) is 0.638. The minimum absolute atomic E-state index is 0.612. The van der Waals surface area contributed by atoms with Crippen LogP contribution in [-0.2, 0) is 0 Å². The fourth-order valence-corrected chi connectivity index (χ4v) is 2.45. The molecule has 0 aromatic rings. The van der Waals surface area contributed by atoms with Gasteiger partial charge in [-0.25, -0.2) is 0 Å². The van der Waals surface area contributed by atoms with Crippen LogP contribution in [0.3, 0.4) is 0 Å². The molecule has 4 nitrogen and oxygen atoms in total. The van der Waals surface area contributed by atoms with Crippen LogP contribution in [0.15, 0.2) is 4.99 Å². The zero-order valence-electron chi connectivity index (χ0n) is 11.0. The lowest BCUT2D eigenvalue weighted by Crippen LogP contribution is -2.38. The van der Waals surface area contributed by atoms with Crippen LogP contribution in [0.2, 0.25) is 0 Å². The van der Waals surface area contributed by atoms with Crippen molar-refractivity contribution in [2.24, 2.45) is 10.7 Å². The summed E-state index contributed by atoms with van der Waals surface area (Å²) in [5.41, 5.74) is 5.79. The van der Waals surface area contributed by atoms with Crippen molar-refractivity contribution in [3.05, 3.63) is 0 Å². The number of nitrogens with zero attached hydrogens (tertiary/aromatic N) is 2. The van der Waals surface area contributed by atoms with E-state index in [1.807, 2.05) is 0 Å². The molecular weight excluding hydrogens is 212 g/mol. The summed E-state index contributed by atoms with van der Waals surface area (Å²) in [7, 11) is 0. The van der Waals surface area contributed by atoms with Crippen molar-refractivity contribution in [1.29, 1.82) is 0 Å². The molecule has 17 heavy (non-hydrogen) atoms. The molecule has 1 atom stereocenters. The normalized spacial score (nSPS) is 27.1. The summed E-state index contributed by atoms with van der Waals surface area (Å²) in [6.07, 6.45) is 7.74. The topological polar surface area (TPSA) is 53.6 Å². The minimum atomic E-state index is 0.612.